The van der Waals surface area contributed by atoms with E-state index < -0.39 is 0 Å². The van der Waals surface area contributed by atoms with Gasteiger partial charge in [-0.1, -0.05) is 230 Å². The van der Waals surface area contributed by atoms with Crippen LogP contribution in [0.5, 0.6) is 0 Å². The number of fused-ring (bicyclic) bond motifs is 17. The van der Waals surface area contributed by atoms with E-state index in [4.69, 9.17) is 4.42 Å². The summed E-state index contributed by atoms with van der Waals surface area (Å²) in [4.78, 5) is 5.27. The molecule has 20 rings (SSSR count). The molecule has 8 heteroatoms. The Morgan fingerprint density at radius 2 is 0.932 bits per heavy atom. The fraction of sp³-hybridized carbons (Fsp3) is 0.105. The highest BCUT2D eigenvalue weighted by Gasteiger charge is 2.45. The lowest BCUT2D eigenvalue weighted by Crippen LogP contribution is -2.61. The molecule has 0 unspecified atom stereocenters. The van der Waals surface area contributed by atoms with Crippen LogP contribution in [0, 0.1) is 11.3 Å². The van der Waals surface area contributed by atoms with Crippen molar-refractivity contribution in [3.63, 3.8) is 0 Å². The Hall–Kier alpha value is -12.1. The smallest absolute Gasteiger partial charge is 0.252 e. The number of nitrogens with zero attached hydrogens (tertiary/aromatic N) is 5. The molecule has 0 saturated heterocycles. The van der Waals surface area contributed by atoms with Crippen LogP contribution >= 0.6 is 11.3 Å². The van der Waals surface area contributed by atoms with Gasteiger partial charge in [0.15, 0.2) is 0 Å². The van der Waals surface area contributed by atoms with Crippen molar-refractivity contribution in [2.75, 3.05) is 9.80 Å². The van der Waals surface area contributed by atoms with Crippen molar-refractivity contribution in [3.8, 4) is 50.8 Å². The lowest BCUT2D eigenvalue weighted by Gasteiger charge is -2.45. The number of hydrogen-bond donors (Lipinski definition) is 0. The second kappa shape index (κ2) is 22.9. The van der Waals surface area contributed by atoms with Gasteiger partial charge in [-0.25, -0.2) is 0 Å². The van der Waals surface area contributed by atoms with Gasteiger partial charge in [0.2, 0.25) is 0 Å². The summed E-state index contributed by atoms with van der Waals surface area (Å²) in [7, 11) is 0. The van der Waals surface area contributed by atoms with Gasteiger partial charge in [0, 0.05) is 128 Å². The molecule has 0 bridgehead atoms. The fourth-order valence-electron chi connectivity index (χ4n) is 17.2. The standard InChI is InChI=1S/C95H70BN5OS/c1-94(2,3)62-40-46-81(72(53-62)59-25-9-7-10-26-59)100-83-55-64(98-77-35-19-14-29-67(77)68-30-15-20-36-78(68)98)42-44-75(83)96-76-45-43-65(99-79-37-21-16-31-69(79)74-50-58(57-97)24-13-18-38-80(74)99)56-84(76)101(82-47-41-63(95(4,5)6)54-73(82)60-27-11-8-12-28-60)86-52-61(51-85(100)92(86)96)66-33-23-34-71-90-87(102-93(66)71)48-49-89-91(90)70-32-17-22-39-88(70)103-89/h7-23,25-37,39-56H,24,38H2,1-6H3/b18-13-,58-50+. The topological polar surface area (TPSA) is 53.3 Å². The Morgan fingerprint density at radius 1 is 0.408 bits per heavy atom. The number of thiophene rings is 1. The molecule has 0 radical (unpaired) electrons. The molecule has 0 spiro atoms. The number of hydrogen-bond acceptors (Lipinski definition) is 5. The van der Waals surface area contributed by atoms with Crippen LogP contribution in [0.25, 0.3) is 126 Å². The second-order valence-electron chi connectivity index (χ2n) is 30.2. The monoisotopic (exact) mass is 1340 g/mol. The first kappa shape index (κ1) is 60.8. The quantitative estimate of drug-likeness (QED) is 0.118. The van der Waals surface area contributed by atoms with Crippen molar-refractivity contribution in [1.82, 2.24) is 9.13 Å². The maximum absolute atomic E-state index is 10.6. The van der Waals surface area contributed by atoms with Crippen LogP contribution in [0.4, 0.5) is 34.1 Å². The van der Waals surface area contributed by atoms with Crippen LogP contribution in [-0.4, -0.2) is 15.8 Å². The second-order valence-corrected chi connectivity index (χ2v) is 31.2. The predicted molar refractivity (Wildman–Crippen MR) is 437 cm³/mol. The van der Waals surface area contributed by atoms with E-state index in [1.165, 1.54) is 58.5 Å². The number of para-hydroxylation sites is 4. The maximum atomic E-state index is 10.6. The summed E-state index contributed by atoms with van der Waals surface area (Å²) in [5.74, 6) is 0. The normalized spacial score (nSPS) is 14.4. The molecular weight excluding hydrogens is 1270 g/mol. The van der Waals surface area contributed by atoms with Crippen molar-refractivity contribution in [2.24, 2.45) is 0 Å². The molecule has 490 valence electrons. The van der Waals surface area contributed by atoms with Crippen molar-refractivity contribution < 1.29 is 4.42 Å². The molecule has 13 aromatic carbocycles. The molecular formula is C95H70BN5OS. The van der Waals surface area contributed by atoms with E-state index in [1.54, 1.807) is 0 Å². The van der Waals surface area contributed by atoms with Crippen molar-refractivity contribution in [2.45, 2.75) is 65.2 Å². The third-order valence-electron chi connectivity index (χ3n) is 22.1. The molecule has 3 aliphatic rings. The molecule has 4 aromatic heterocycles. The zero-order chi connectivity index (χ0) is 69.1. The fourth-order valence-corrected chi connectivity index (χ4v) is 18.3. The Balaban J connectivity index is 0.953. The van der Waals surface area contributed by atoms with Crippen molar-refractivity contribution >= 4 is 149 Å². The molecule has 2 aliphatic heterocycles. The minimum Gasteiger partial charge on any atom is -0.455 e. The van der Waals surface area contributed by atoms with Gasteiger partial charge >= 0.3 is 0 Å². The SMILES string of the molecule is CC(C)(C)c1ccc(N2c3cc(-n4c5c(c6ccccc64)/C=C(/C#N)C/C=C\C5)ccc3B3c4ccc(-n5c6ccccc6c6ccccc65)cc4N(c4ccc(C(C)(C)C)cc4-c4ccccc4)c4cc(-c5cccc6c5oc5ccc7sc8ccccc8c7c56)cc2c43)c(-c2ccccc2)c1. The zero-order valence-electron chi connectivity index (χ0n) is 58.3. The summed E-state index contributed by atoms with van der Waals surface area (Å²) >= 11 is 1.84. The summed E-state index contributed by atoms with van der Waals surface area (Å²) in [6, 6.07) is 105. The highest BCUT2D eigenvalue weighted by Crippen LogP contribution is 2.53. The summed E-state index contributed by atoms with van der Waals surface area (Å²) < 4.78 is 14.9. The first-order valence-corrected chi connectivity index (χ1v) is 36.7. The molecule has 6 nitrogen and oxygen atoms in total. The maximum Gasteiger partial charge on any atom is 0.252 e. The van der Waals surface area contributed by atoms with Gasteiger partial charge in [-0.3, -0.25) is 0 Å². The molecule has 0 N–H and O–H groups in total. The predicted octanol–water partition coefficient (Wildman–Crippen LogP) is 24.1. The number of furan rings is 1. The first-order chi connectivity index (χ1) is 50.3. The van der Waals surface area contributed by atoms with E-state index in [0.717, 1.165) is 140 Å². The van der Waals surface area contributed by atoms with Gasteiger partial charge in [-0.2, -0.15) is 5.26 Å². The van der Waals surface area contributed by atoms with E-state index in [2.05, 4.69) is 358 Å². The summed E-state index contributed by atoms with van der Waals surface area (Å²) in [5.41, 5.74) is 29.1. The van der Waals surface area contributed by atoms with Crippen LogP contribution in [0.3, 0.4) is 0 Å². The minimum absolute atomic E-state index is 0.151. The summed E-state index contributed by atoms with van der Waals surface area (Å²) in [6.45, 7) is 13.7. The average molecular weight is 1340 g/mol. The molecule has 17 aromatic rings. The van der Waals surface area contributed by atoms with Gasteiger partial charge < -0.3 is 23.4 Å². The van der Waals surface area contributed by atoms with Gasteiger partial charge in [0.05, 0.1) is 34.0 Å². The number of allylic oxidation sites excluding steroid dienone is 3. The molecule has 0 atom stereocenters. The van der Waals surface area contributed by atoms with Gasteiger partial charge in [0.1, 0.15) is 11.2 Å². The van der Waals surface area contributed by atoms with Crippen LogP contribution < -0.4 is 26.2 Å². The first-order valence-electron chi connectivity index (χ1n) is 35.9. The molecule has 1 aliphatic carbocycles. The van der Waals surface area contributed by atoms with E-state index in [1.807, 2.05) is 11.3 Å². The van der Waals surface area contributed by atoms with Gasteiger partial charge in [-0.05, 0) is 158 Å². The summed E-state index contributed by atoms with van der Waals surface area (Å²) in [5, 5.41) is 18.8. The molecule has 0 fully saturated rings. The number of aromatic nitrogens is 2. The highest BCUT2D eigenvalue weighted by molar-refractivity contribution is 7.26. The average Bonchev–Trinajstić information content (AvgIpc) is 0.766. The Morgan fingerprint density at radius 3 is 1.52 bits per heavy atom. The number of benzene rings is 13. The summed E-state index contributed by atoms with van der Waals surface area (Å²) in [6.07, 6.45) is 7.84. The molecule has 0 saturated carbocycles. The van der Waals surface area contributed by atoms with E-state index in [9.17, 15) is 5.26 Å². The molecule has 6 heterocycles. The van der Waals surface area contributed by atoms with Crippen LogP contribution in [0.15, 0.2) is 295 Å². The van der Waals surface area contributed by atoms with Crippen molar-refractivity contribution in [3.05, 3.63) is 313 Å². The minimum atomic E-state index is -0.269. The lowest BCUT2D eigenvalue weighted by molar-refractivity contribution is 0.590. The Bertz CT molecular complexity index is 6500. The van der Waals surface area contributed by atoms with Crippen LogP contribution in [-0.2, 0) is 17.3 Å². The number of rotatable bonds is 7. The van der Waals surface area contributed by atoms with Crippen molar-refractivity contribution in [1.29, 1.82) is 5.26 Å². The Kier molecular flexibility index (Phi) is 13.5. The lowest BCUT2D eigenvalue weighted by atomic mass is 9.33. The largest absolute Gasteiger partial charge is 0.455 e. The number of anilines is 6. The third kappa shape index (κ3) is 9.38. The molecule has 0 amide bonds. The third-order valence-corrected chi connectivity index (χ3v) is 23.3. The van der Waals surface area contributed by atoms with Gasteiger partial charge in [0.25, 0.3) is 6.71 Å². The van der Waals surface area contributed by atoms with Gasteiger partial charge in [-0.15, -0.1) is 11.3 Å². The van der Waals surface area contributed by atoms with E-state index in [0.29, 0.717) is 12.8 Å². The Labute approximate surface area is 603 Å². The van der Waals surface area contributed by atoms with E-state index >= 15 is 0 Å². The van der Waals surface area contributed by atoms with E-state index in [-0.39, 0.29) is 17.5 Å². The zero-order valence-corrected chi connectivity index (χ0v) is 59.1. The highest BCUT2D eigenvalue weighted by atomic mass is 32.1. The number of nitriles is 1. The molecule has 103 heavy (non-hydrogen) atoms. The van der Waals surface area contributed by atoms with Crippen LogP contribution in [0.1, 0.15) is 70.3 Å². The van der Waals surface area contributed by atoms with Crippen LogP contribution in [0.2, 0.25) is 0 Å².